The van der Waals surface area contributed by atoms with Crippen LogP contribution >= 0.6 is 0 Å². The second-order valence-electron chi connectivity index (χ2n) is 2.05. The number of nitrogens with zero attached hydrogens (tertiary/aromatic N) is 2. The predicted molar refractivity (Wildman–Crippen MR) is 33.0 cm³/mol. The molecule has 3 heteroatoms. The van der Waals surface area contributed by atoms with E-state index in [0.717, 1.165) is 19.9 Å². The SMILES string of the molecule is CCN(C)N1CNC1. The van der Waals surface area contributed by atoms with Crippen molar-refractivity contribution in [2.24, 2.45) is 0 Å². The van der Waals surface area contributed by atoms with Crippen LogP contribution in [0.1, 0.15) is 6.92 Å². The number of hydrogen-bond donors (Lipinski definition) is 1. The fraction of sp³-hybridized carbons (Fsp3) is 1.00. The van der Waals surface area contributed by atoms with Crippen molar-refractivity contribution in [2.75, 3.05) is 26.9 Å². The maximum Gasteiger partial charge on any atom is 0.0648 e. The van der Waals surface area contributed by atoms with Gasteiger partial charge in [-0.25, -0.2) is 10.0 Å². The Kier molecular flexibility index (Phi) is 1.83. The summed E-state index contributed by atoms with van der Waals surface area (Å²) in [5, 5.41) is 7.62. The van der Waals surface area contributed by atoms with E-state index >= 15 is 0 Å². The number of nitrogens with one attached hydrogen (secondary N) is 1. The van der Waals surface area contributed by atoms with E-state index in [1.165, 1.54) is 0 Å². The third-order valence-electron chi connectivity index (χ3n) is 1.53. The van der Waals surface area contributed by atoms with E-state index in [4.69, 9.17) is 0 Å². The van der Waals surface area contributed by atoms with Gasteiger partial charge in [-0.05, 0) is 0 Å². The lowest BCUT2D eigenvalue weighted by molar-refractivity contribution is -0.0691. The number of hydrazine groups is 1. The van der Waals surface area contributed by atoms with Crippen LogP contribution in [0.2, 0.25) is 0 Å². The van der Waals surface area contributed by atoms with E-state index < -0.39 is 0 Å². The highest BCUT2D eigenvalue weighted by atomic mass is 15.7. The Bertz CT molecular complexity index is 67.3. The summed E-state index contributed by atoms with van der Waals surface area (Å²) in [5.41, 5.74) is 0. The van der Waals surface area contributed by atoms with Crippen molar-refractivity contribution in [3.8, 4) is 0 Å². The van der Waals surface area contributed by atoms with Gasteiger partial charge in [-0.1, -0.05) is 6.92 Å². The normalized spacial score (nSPS) is 21.4. The van der Waals surface area contributed by atoms with Crippen molar-refractivity contribution in [3.05, 3.63) is 0 Å². The molecule has 1 aliphatic heterocycles. The first-order valence-corrected chi connectivity index (χ1v) is 3.01. The van der Waals surface area contributed by atoms with Crippen molar-refractivity contribution < 1.29 is 0 Å². The molecule has 48 valence electrons. The van der Waals surface area contributed by atoms with Crippen molar-refractivity contribution >= 4 is 0 Å². The van der Waals surface area contributed by atoms with Crippen LogP contribution in [0.5, 0.6) is 0 Å². The lowest BCUT2D eigenvalue weighted by atomic mass is 10.6. The second-order valence-corrected chi connectivity index (χ2v) is 2.05. The average Bonchev–Trinajstić information content (AvgIpc) is 1.62. The molecule has 1 fully saturated rings. The molecule has 0 aromatic rings. The predicted octanol–water partition coefficient (Wildman–Crippen LogP) is -0.327. The van der Waals surface area contributed by atoms with E-state index in [1.54, 1.807) is 0 Å². The van der Waals surface area contributed by atoms with Crippen LogP contribution in [0.3, 0.4) is 0 Å². The van der Waals surface area contributed by atoms with Crippen molar-refractivity contribution in [1.82, 2.24) is 15.3 Å². The molecule has 0 saturated carbocycles. The zero-order valence-electron chi connectivity index (χ0n) is 5.52. The maximum atomic E-state index is 3.16. The van der Waals surface area contributed by atoms with Crippen LogP contribution in [-0.4, -0.2) is 36.9 Å². The van der Waals surface area contributed by atoms with Gasteiger partial charge in [0.2, 0.25) is 0 Å². The zero-order valence-corrected chi connectivity index (χ0v) is 5.52. The summed E-state index contributed by atoms with van der Waals surface area (Å²) in [4.78, 5) is 0. The molecule has 0 bridgehead atoms. The van der Waals surface area contributed by atoms with Gasteiger partial charge in [-0.3, -0.25) is 5.32 Å². The smallest absolute Gasteiger partial charge is 0.0648 e. The van der Waals surface area contributed by atoms with E-state index in [-0.39, 0.29) is 0 Å². The average molecular weight is 115 g/mol. The van der Waals surface area contributed by atoms with Gasteiger partial charge in [0.15, 0.2) is 0 Å². The lowest BCUT2D eigenvalue weighted by Crippen LogP contribution is -2.58. The third-order valence-corrected chi connectivity index (χ3v) is 1.53. The maximum absolute atomic E-state index is 3.16. The first kappa shape index (κ1) is 6.01. The monoisotopic (exact) mass is 115 g/mol. The molecule has 8 heavy (non-hydrogen) atoms. The molecule has 0 atom stereocenters. The highest BCUT2D eigenvalue weighted by Gasteiger charge is 2.14. The van der Waals surface area contributed by atoms with Crippen LogP contribution in [0.15, 0.2) is 0 Å². The first-order chi connectivity index (χ1) is 3.84. The van der Waals surface area contributed by atoms with E-state index in [9.17, 15) is 0 Å². The quantitative estimate of drug-likeness (QED) is 0.532. The molecule has 1 N–H and O–H groups in total. The van der Waals surface area contributed by atoms with Gasteiger partial charge >= 0.3 is 0 Å². The van der Waals surface area contributed by atoms with Crippen molar-refractivity contribution in [3.63, 3.8) is 0 Å². The molecule has 1 rings (SSSR count). The van der Waals surface area contributed by atoms with Crippen LogP contribution in [-0.2, 0) is 0 Å². The standard InChI is InChI=1S/C5H13N3/c1-3-7(2)8-4-6-5-8/h6H,3-5H2,1-2H3. The van der Waals surface area contributed by atoms with Crippen LogP contribution in [0, 0.1) is 0 Å². The zero-order chi connectivity index (χ0) is 5.98. The largest absolute Gasteiger partial charge is 0.289 e. The van der Waals surface area contributed by atoms with E-state index in [0.29, 0.717) is 0 Å². The molecule has 0 aliphatic carbocycles. The Hall–Kier alpha value is -0.120. The van der Waals surface area contributed by atoms with Gasteiger partial charge in [0.25, 0.3) is 0 Å². The summed E-state index contributed by atoms with van der Waals surface area (Å²) in [5.74, 6) is 0. The minimum Gasteiger partial charge on any atom is -0.289 e. The third kappa shape index (κ3) is 0.992. The highest BCUT2D eigenvalue weighted by Crippen LogP contribution is 1.96. The lowest BCUT2D eigenvalue weighted by Gasteiger charge is -2.38. The first-order valence-electron chi connectivity index (χ1n) is 3.01. The molecule has 1 aliphatic rings. The summed E-state index contributed by atoms with van der Waals surface area (Å²) in [6, 6.07) is 0. The Morgan fingerprint density at radius 3 is 2.38 bits per heavy atom. The van der Waals surface area contributed by atoms with Gasteiger partial charge in [0.05, 0.1) is 13.3 Å². The van der Waals surface area contributed by atoms with Crippen LogP contribution in [0.4, 0.5) is 0 Å². The topological polar surface area (TPSA) is 18.5 Å². The molecule has 0 aromatic carbocycles. The van der Waals surface area contributed by atoms with Gasteiger partial charge in [0.1, 0.15) is 0 Å². The minimum absolute atomic E-state index is 1.02. The van der Waals surface area contributed by atoms with E-state index in [1.807, 2.05) is 0 Å². The molecule has 0 aromatic heterocycles. The minimum atomic E-state index is 1.02. The Labute approximate surface area is 50.2 Å². The molecule has 0 unspecified atom stereocenters. The summed E-state index contributed by atoms with van der Waals surface area (Å²) in [7, 11) is 2.10. The fourth-order valence-electron chi connectivity index (χ4n) is 0.653. The van der Waals surface area contributed by atoms with Gasteiger partial charge in [-0.2, -0.15) is 0 Å². The Morgan fingerprint density at radius 1 is 1.62 bits per heavy atom. The number of hydrogen-bond acceptors (Lipinski definition) is 3. The molecular weight excluding hydrogens is 102 g/mol. The van der Waals surface area contributed by atoms with Crippen molar-refractivity contribution in [1.29, 1.82) is 0 Å². The molecule has 1 saturated heterocycles. The summed E-state index contributed by atoms with van der Waals surface area (Å²) < 4.78 is 0. The Morgan fingerprint density at radius 2 is 2.25 bits per heavy atom. The molecule has 3 nitrogen and oxygen atoms in total. The molecule has 0 radical (unpaired) electrons. The number of rotatable bonds is 2. The van der Waals surface area contributed by atoms with E-state index in [2.05, 4.69) is 29.3 Å². The van der Waals surface area contributed by atoms with Gasteiger partial charge in [-0.15, -0.1) is 0 Å². The Balaban J connectivity index is 2.13. The van der Waals surface area contributed by atoms with Crippen LogP contribution < -0.4 is 5.32 Å². The fourth-order valence-corrected chi connectivity index (χ4v) is 0.653. The summed E-state index contributed by atoms with van der Waals surface area (Å²) >= 11 is 0. The molecule has 0 amide bonds. The van der Waals surface area contributed by atoms with Crippen LogP contribution in [0.25, 0.3) is 0 Å². The molecule has 1 heterocycles. The summed E-state index contributed by atoms with van der Waals surface area (Å²) in [6.07, 6.45) is 0. The molecule has 0 spiro atoms. The molecular formula is C5H13N3. The highest BCUT2D eigenvalue weighted by molar-refractivity contribution is 4.57. The van der Waals surface area contributed by atoms with Crippen molar-refractivity contribution in [2.45, 2.75) is 6.92 Å². The summed E-state index contributed by atoms with van der Waals surface area (Å²) in [6.45, 7) is 5.29. The van der Waals surface area contributed by atoms with Gasteiger partial charge in [0, 0.05) is 13.6 Å². The van der Waals surface area contributed by atoms with Gasteiger partial charge < -0.3 is 0 Å². The second kappa shape index (κ2) is 2.44.